The molecule has 0 spiro atoms. The summed E-state index contributed by atoms with van der Waals surface area (Å²) in [5.41, 5.74) is 0.471. The Hall–Kier alpha value is -3.18. The van der Waals surface area contributed by atoms with Crippen LogP contribution in [0.15, 0.2) is 54.9 Å². The fraction of sp³-hybridized carbons (Fsp3) is 0.481. The van der Waals surface area contributed by atoms with Crippen molar-refractivity contribution in [2.45, 2.75) is 57.5 Å². The van der Waals surface area contributed by atoms with E-state index < -0.39 is 23.2 Å². The van der Waals surface area contributed by atoms with E-state index >= 15 is 0 Å². The number of nitrogens with zero attached hydrogens (tertiary/aromatic N) is 3. The molecule has 0 N–H and O–H groups in total. The van der Waals surface area contributed by atoms with Crippen LogP contribution in [0.3, 0.4) is 0 Å². The van der Waals surface area contributed by atoms with Gasteiger partial charge in [-0.25, -0.2) is 0 Å². The smallest absolute Gasteiger partial charge is 0.312 e. The third-order valence-electron chi connectivity index (χ3n) is 7.66. The van der Waals surface area contributed by atoms with Gasteiger partial charge in [0.05, 0.1) is 18.1 Å². The van der Waals surface area contributed by atoms with Gasteiger partial charge in [0.25, 0.3) is 0 Å². The number of nitriles is 2. The fourth-order valence-corrected chi connectivity index (χ4v) is 5.63. The Morgan fingerprint density at radius 3 is 2.38 bits per heavy atom. The molecule has 32 heavy (non-hydrogen) atoms. The van der Waals surface area contributed by atoms with E-state index in [1.807, 2.05) is 18.2 Å². The fourth-order valence-electron chi connectivity index (χ4n) is 5.63. The summed E-state index contributed by atoms with van der Waals surface area (Å²) in [4.78, 5) is 17.4. The van der Waals surface area contributed by atoms with Gasteiger partial charge in [0.2, 0.25) is 0 Å². The second-order valence-corrected chi connectivity index (χ2v) is 9.92. The lowest BCUT2D eigenvalue weighted by molar-refractivity contribution is -0.158. The molecular weight excluding hydrogens is 398 g/mol. The summed E-state index contributed by atoms with van der Waals surface area (Å²) in [6, 6.07) is 18.1. The van der Waals surface area contributed by atoms with Gasteiger partial charge in [-0.2, -0.15) is 10.5 Å². The number of pyridine rings is 1. The highest BCUT2D eigenvalue weighted by Crippen LogP contribution is 2.65. The normalized spacial score (nSPS) is 28.7. The lowest BCUT2D eigenvalue weighted by atomic mass is 9.64. The first-order valence-electron chi connectivity index (χ1n) is 11.3. The summed E-state index contributed by atoms with van der Waals surface area (Å²) in [6.45, 7) is 6.63. The van der Waals surface area contributed by atoms with Crippen LogP contribution in [0, 0.1) is 45.8 Å². The molecule has 0 saturated heterocycles. The number of aromatic nitrogens is 1. The Morgan fingerprint density at radius 2 is 1.75 bits per heavy atom. The van der Waals surface area contributed by atoms with E-state index in [1.54, 1.807) is 24.5 Å². The molecule has 1 aromatic carbocycles. The van der Waals surface area contributed by atoms with Crippen LogP contribution in [0.4, 0.5) is 0 Å². The van der Waals surface area contributed by atoms with Crippen molar-refractivity contribution >= 4 is 5.97 Å². The lowest BCUT2D eigenvalue weighted by Gasteiger charge is -2.44. The number of hydrogen-bond donors (Lipinski definition) is 0. The van der Waals surface area contributed by atoms with Crippen molar-refractivity contribution in [1.29, 1.82) is 10.5 Å². The molecular formula is C27H29N3O2. The molecule has 164 valence electrons. The third kappa shape index (κ3) is 3.67. The van der Waals surface area contributed by atoms with E-state index in [4.69, 9.17) is 4.74 Å². The number of benzene rings is 1. The second kappa shape index (κ2) is 8.40. The highest BCUT2D eigenvalue weighted by atomic mass is 16.5. The molecule has 1 heterocycles. The minimum atomic E-state index is -1.37. The molecule has 0 amide bonds. The predicted molar refractivity (Wildman–Crippen MR) is 120 cm³/mol. The maximum Gasteiger partial charge on any atom is 0.312 e. The molecule has 0 bridgehead atoms. The summed E-state index contributed by atoms with van der Waals surface area (Å²) in [7, 11) is 0. The maximum absolute atomic E-state index is 13.4. The van der Waals surface area contributed by atoms with E-state index in [2.05, 4.69) is 50.0 Å². The van der Waals surface area contributed by atoms with Gasteiger partial charge in [-0.15, -0.1) is 0 Å². The van der Waals surface area contributed by atoms with Crippen molar-refractivity contribution in [3.05, 3.63) is 66.0 Å². The number of ether oxygens (including phenoxy) is 1. The van der Waals surface area contributed by atoms with Crippen molar-refractivity contribution in [3.8, 4) is 12.1 Å². The van der Waals surface area contributed by atoms with Crippen molar-refractivity contribution in [2.24, 2.45) is 23.2 Å². The van der Waals surface area contributed by atoms with Gasteiger partial charge in [-0.3, -0.25) is 9.78 Å². The van der Waals surface area contributed by atoms with Crippen molar-refractivity contribution in [3.63, 3.8) is 0 Å². The van der Waals surface area contributed by atoms with Crippen LogP contribution < -0.4 is 0 Å². The van der Waals surface area contributed by atoms with Gasteiger partial charge in [0.1, 0.15) is 6.10 Å². The van der Waals surface area contributed by atoms with Gasteiger partial charge in [-0.1, -0.05) is 57.5 Å². The largest absolute Gasteiger partial charge is 0.462 e. The summed E-state index contributed by atoms with van der Waals surface area (Å²) < 4.78 is 6.16. The molecule has 0 aliphatic heterocycles. The first kappa shape index (κ1) is 22.0. The maximum atomic E-state index is 13.4. The number of hydrogen-bond acceptors (Lipinski definition) is 5. The first-order valence-corrected chi connectivity index (χ1v) is 11.3. The van der Waals surface area contributed by atoms with E-state index in [9.17, 15) is 15.3 Å². The van der Waals surface area contributed by atoms with Gasteiger partial charge >= 0.3 is 5.97 Å². The Kier molecular flexibility index (Phi) is 5.78. The Morgan fingerprint density at radius 1 is 1.09 bits per heavy atom. The van der Waals surface area contributed by atoms with Gasteiger partial charge in [0.15, 0.2) is 5.41 Å². The molecule has 2 saturated carbocycles. The SMILES string of the molecule is C[C@@H]1CC[C@@H](C(C)(C)c2ccccc2)[C@H](OC(=O)[C@H]2[C@H](c3ccncc3)C2(C#N)C#N)C1. The van der Waals surface area contributed by atoms with Crippen molar-refractivity contribution in [2.75, 3.05) is 0 Å². The molecule has 5 heteroatoms. The summed E-state index contributed by atoms with van der Waals surface area (Å²) >= 11 is 0. The average molecular weight is 428 g/mol. The van der Waals surface area contributed by atoms with Gasteiger partial charge in [0, 0.05) is 24.2 Å². The van der Waals surface area contributed by atoms with Crippen LogP contribution in [0.25, 0.3) is 0 Å². The summed E-state index contributed by atoms with van der Waals surface area (Å²) in [5, 5.41) is 19.6. The van der Waals surface area contributed by atoms with Gasteiger partial charge in [-0.05, 0) is 47.4 Å². The minimum Gasteiger partial charge on any atom is -0.462 e. The topological polar surface area (TPSA) is 86.8 Å². The van der Waals surface area contributed by atoms with Crippen LogP contribution in [-0.4, -0.2) is 17.1 Å². The number of esters is 1. The number of carbonyl (C=O) groups is 1. The van der Waals surface area contributed by atoms with E-state index in [0.717, 1.165) is 24.8 Å². The van der Waals surface area contributed by atoms with Crippen molar-refractivity contribution in [1.82, 2.24) is 4.98 Å². The molecule has 0 radical (unpaired) electrons. The van der Waals surface area contributed by atoms with E-state index in [1.165, 1.54) is 5.56 Å². The van der Waals surface area contributed by atoms with E-state index in [-0.39, 0.29) is 17.4 Å². The Balaban J connectivity index is 1.59. The van der Waals surface area contributed by atoms with Gasteiger partial charge < -0.3 is 4.74 Å². The quantitative estimate of drug-likeness (QED) is 0.616. The zero-order valence-electron chi connectivity index (χ0n) is 18.9. The molecule has 2 aliphatic carbocycles. The molecule has 0 unspecified atom stereocenters. The Bertz CT molecular complexity index is 1040. The molecule has 4 rings (SSSR count). The van der Waals surface area contributed by atoms with Crippen LogP contribution >= 0.6 is 0 Å². The van der Waals surface area contributed by atoms with Crippen molar-refractivity contribution < 1.29 is 9.53 Å². The van der Waals surface area contributed by atoms with Crippen LogP contribution in [0.1, 0.15) is 57.1 Å². The van der Waals surface area contributed by atoms with E-state index in [0.29, 0.717) is 5.92 Å². The molecule has 2 fully saturated rings. The summed E-state index contributed by atoms with van der Waals surface area (Å²) in [6.07, 6.45) is 5.87. The highest BCUT2D eigenvalue weighted by molar-refractivity contribution is 5.82. The van der Waals surface area contributed by atoms with Crippen LogP contribution in [0.5, 0.6) is 0 Å². The number of rotatable bonds is 5. The minimum absolute atomic E-state index is 0.165. The number of carbonyl (C=O) groups excluding carboxylic acids is 1. The molecule has 2 aromatic rings. The second-order valence-electron chi connectivity index (χ2n) is 9.92. The monoisotopic (exact) mass is 427 g/mol. The predicted octanol–water partition coefficient (Wildman–Crippen LogP) is 5.15. The van der Waals surface area contributed by atoms with Crippen LogP contribution in [-0.2, 0) is 14.9 Å². The average Bonchev–Trinajstić information content (AvgIpc) is 3.50. The first-order chi connectivity index (χ1) is 15.3. The molecule has 5 atom stereocenters. The standard InChI is InChI=1S/C27H29N3O2/c1-18-9-10-21(26(2,3)20-7-5-4-6-8-20)22(15-18)32-25(31)24-23(27(24,16-28)17-29)19-11-13-30-14-12-19/h4-8,11-14,18,21-24H,9-10,15H2,1-3H3/t18-,21-,22-,23+,24-/m1/s1. The lowest BCUT2D eigenvalue weighted by Crippen LogP contribution is -2.43. The molecule has 5 nitrogen and oxygen atoms in total. The molecule has 1 aromatic heterocycles. The zero-order chi connectivity index (χ0) is 22.9. The highest BCUT2D eigenvalue weighted by Gasteiger charge is 2.72. The third-order valence-corrected chi connectivity index (χ3v) is 7.66. The molecule has 2 aliphatic rings. The Labute approximate surface area is 190 Å². The van der Waals surface area contributed by atoms with Crippen LogP contribution in [0.2, 0.25) is 0 Å². The zero-order valence-corrected chi connectivity index (χ0v) is 18.9. The summed E-state index contributed by atoms with van der Waals surface area (Å²) in [5.74, 6) is -1.04.